The van der Waals surface area contributed by atoms with Crippen LogP contribution in [0.4, 0.5) is 4.39 Å². The van der Waals surface area contributed by atoms with Crippen molar-refractivity contribution in [3.05, 3.63) is 69.9 Å². The predicted molar refractivity (Wildman–Crippen MR) is 108 cm³/mol. The van der Waals surface area contributed by atoms with Gasteiger partial charge in [-0.1, -0.05) is 12.2 Å². The molecular weight excluding hydrogens is 373 g/mol. The molecule has 3 N–H and O–H groups in total. The average Bonchev–Trinajstić information content (AvgIpc) is 3.06. The summed E-state index contributed by atoms with van der Waals surface area (Å²) in [6, 6.07) is 3.07. The second-order valence-corrected chi connectivity index (χ2v) is 7.63. The van der Waals surface area contributed by atoms with Crippen LogP contribution in [0.5, 0.6) is 0 Å². The number of aliphatic hydroxyl groups is 2. The Bertz CT molecular complexity index is 1020. The Hall–Kier alpha value is -2.74. The van der Waals surface area contributed by atoms with Gasteiger partial charge in [0.15, 0.2) is 0 Å². The van der Waals surface area contributed by atoms with E-state index in [1.54, 1.807) is 12.3 Å². The molecule has 0 bridgehead atoms. The molecule has 1 atom stereocenters. The van der Waals surface area contributed by atoms with Crippen molar-refractivity contribution in [2.75, 3.05) is 32.8 Å². The summed E-state index contributed by atoms with van der Waals surface area (Å²) in [6.45, 7) is 2.11. The quantitative estimate of drug-likeness (QED) is 0.724. The number of ether oxygens (including phenoxy) is 1. The van der Waals surface area contributed by atoms with Crippen LogP contribution in [-0.4, -0.2) is 59.8 Å². The van der Waals surface area contributed by atoms with Crippen LogP contribution < -0.4 is 5.43 Å². The number of β-amino-alcohol motifs (C(OH)–C–C–N with tert-alkyl or cyclic N) is 1. The highest BCUT2D eigenvalue weighted by Crippen LogP contribution is 2.39. The Morgan fingerprint density at radius 2 is 2.21 bits per heavy atom. The van der Waals surface area contributed by atoms with Crippen LogP contribution >= 0.6 is 0 Å². The summed E-state index contributed by atoms with van der Waals surface area (Å²) in [7, 11) is 0. The average molecular weight is 395 g/mol. The third-order valence-electron chi connectivity index (χ3n) is 5.75. The third-order valence-corrected chi connectivity index (χ3v) is 5.75. The Balaban J connectivity index is 1.51. The molecule has 4 aliphatic rings. The van der Waals surface area contributed by atoms with Crippen molar-refractivity contribution in [1.29, 1.82) is 0 Å². The van der Waals surface area contributed by atoms with E-state index in [0.29, 0.717) is 19.7 Å². The van der Waals surface area contributed by atoms with Gasteiger partial charge in [-0.2, -0.15) is 5.10 Å². The van der Waals surface area contributed by atoms with Gasteiger partial charge < -0.3 is 14.9 Å². The highest BCUT2D eigenvalue weighted by Gasteiger charge is 2.30. The molecule has 29 heavy (non-hydrogen) atoms. The summed E-state index contributed by atoms with van der Waals surface area (Å²) in [5, 5.41) is 23.3. The number of rotatable bonds is 4. The Kier molecular flexibility index (Phi) is 4.58. The van der Waals surface area contributed by atoms with Crippen molar-refractivity contribution in [2.45, 2.75) is 12.5 Å². The molecule has 150 valence electrons. The number of nitrogens with zero attached hydrogens (tertiary/aromatic N) is 2. The smallest absolute Gasteiger partial charge is 0.124 e. The fourth-order valence-electron chi connectivity index (χ4n) is 4.31. The molecule has 6 nitrogen and oxygen atoms in total. The molecule has 3 aliphatic heterocycles. The first kappa shape index (κ1) is 18.3. The molecule has 0 saturated heterocycles. The van der Waals surface area contributed by atoms with Crippen LogP contribution in [0.2, 0.25) is 0 Å². The fraction of sp³-hybridized carbons (Fsp3) is 0.318. The van der Waals surface area contributed by atoms with Crippen LogP contribution in [0.3, 0.4) is 0 Å². The maximum atomic E-state index is 14.2. The van der Waals surface area contributed by atoms with Crippen molar-refractivity contribution in [1.82, 2.24) is 10.3 Å². The zero-order chi connectivity index (χ0) is 20.0. The summed E-state index contributed by atoms with van der Waals surface area (Å²) in [5.41, 5.74) is 10.4. The predicted octanol–water partition coefficient (Wildman–Crippen LogP) is 1.77. The zero-order valence-electron chi connectivity index (χ0n) is 15.9. The summed E-state index contributed by atoms with van der Waals surface area (Å²) in [4.78, 5) is 2.10. The van der Waals surface area contributed by atoms with Gasteiger partial charge in [-0.25, -0.2) is 4.39 Å². The van der Waals surface area contributed by atoms with E-state index in [0.717, 1.165) is 57.8 Å². The molecule has 0 radical (unpaired) electrons. The minimum absolute atomic E-state index is 0.235. The van der Waals surface area contributed by atoms with Crippen molar-refractivity contribution in [2.24, 2.45) is 5.10 Å². The van der Waals surface area contributed by atoms with Crippen LogP contribution in [0.15, 0.2) is 52.5 Å². The molecule has 0 fully saturated rings. The van der Waals surface area contributed by atoms with E-state index < -0.39 is 6.10 Å². The Morgan fingerprint density at radius 1 is 1.31 bits per heavy atom. The number of hydrogen-bond acceptors (Lipinski definition) is 6. The zero-order valence-corrected chi connectivity index (χ0v) is 15.9. The van der Waals surface area contributed by atoms with Gasteiger partial charge in [-0.15, -0.1) is 0 Å². The van der Waals surface area contributed by atoms with E-state index in [-0.39, 0.29) is 12.4 Å². The lowest BCUT2D eigenvalue weighted by Gasteiger charge is -2.30. The second-order valence-electron chi connectivity index (χ2n) is 7.63. The summed E-state index contributed by atoms with van der Waals surface area (Å²) < 4.78 is 20.0. The van der Waals surface area contributed by atoms with Gasteiger partial charge in [0, 0.05) is 36.3 Å². The van der Waals surface area contributed by atoms with Crippen molar-refractivity contribution >= 4 is 17.4 Å². The summed E-state index contributed by atoms with van der Waals surface area (Å²) in [5.74, 6) is -0.283. The molecule has 3 heterocycles. The minimum Gasteiger partial charge on any atom is -0.496 e. The van der Waals surface area contributed by atoms with Crippen LogP contribution in [0.25, 0.3) is 11.6 Å². The molecule has 0 amide bonds. The van der Waals surface area contributed by atoms with E-state index in [4.69, 9.17) is 9.84 Å². The number of halogens is 1. The molecule has 1 unspecified atom stereocenters. The Morgan fingerprint density at radius 3 is 3.00 bits per heavy atom. The van der Waals surface area contributed by atoms with E-state index in [1.807, 2.05) is 12.2 Å². The number of benzene rings is 1. The molecule has 1 aliphatic carbocycles. The highest BCUT2D eigenvalue weighted by molar-refractivity contribution is 6.20. The van der Waals surface area contributed by atoms with Gasteiger partial charge in [0.05, 0.1) is 30.4 Å². The number of fused-ring (bicyclic) bond motifs is 2. The molecule has 0 aromatic heterocycles. The van der Waals surface area contributed by atoms with Gasteiger partial charge >= 0.3 is 0 Å². The fourth-order valence-corrected chi connectivity index (χ4v) is 4.31. The SMILES string of the molecule is OCC(O)CN1CC=C(C2=C3NN=C4C=Cc5cc(F)cc(c54)C3=COC2)CC1. The van der Waals surface area contributed by atoms with E-state index in [2.05, 4.69) is 21.5 Å². The molecule has 0 saturated carbocycles. The maximum absolute atomic E-state index is 14.2. The lowest BCUT2D eigenvalue weighted by Crippen LogP contribution is -2.37. The van der Waals surface area contributed by atoms with Gasteiger partial charge in [-0.3, -0.25) is 10.3 Å². The number of nitrogens with one attached hydrogen (secondary N) is 1. The molecule has 0 spiro atoms. The standard InChI is InChI=1S/C22H22FN3O3/c23-15-7-14-1-2-20-21(14)17(8-15)19-12-29-11-18(22(19)25-24-20)13-3-5-26(6-4-13)9-16(28)10-27/h1-3,7-8,12,16,25,27-28H,4-6,9-11H2. The maximum Gasteiger partial charge on any atom is 0.124 e. The van der Waals surface area contributed by atoms with Gasteiger partial charge in [0.1, 0.15) is 12.4 Å². The topological polar surface area (TPSA) is 77.3 Å². The lowest BCUT2D eigenvalue weighted by atomic mass is 9.89. The Labute approximate surface area is 168 Å². The monoisotopic (exact) mass is 395 g/mol. The van der Waals surface area contributed by atoms with E-state index in [1.165, 1.54) is 6.07 Å². The molecule has 7 heteroatoms. The first-order valence-electron chi connectivity index (χ1n) is 9.76. The van der Waals surface area contributed by atoms with Gasteiger partial charge in [0.2, 0.25) is 0 Å². The second kappa shape index (κ2) is 7.26. The summed E-state index contributed by atoms with van der Waals surface area (Å²) in [6.07, 6.45) is 7.65. The number of hydrogen-bond donors (Lipinski definition) is 3. The van der Waals surface area contributed by atoms with E-state index >= 15 is 0 Å². The molecule has 1 aromatic rings. The summed E-state index contributed by atoms with van der Waals surface area (Å²) >= 11 is 0. The van der Waals surface area contributed by atoms with Crippen LogP contribution in [0, 0.1) is 5.82 Å². The van der Waals surface area contributed by atoms with Crippen LogP contribution in [-0.2, 0) is 4.74 Å². The molecule has 1 aromatic carbocycles. The van der Waals surface area contributed by atoms with Gasteiger partial charge in [0.25, 0.3) is 0 Å². The highest BCUT2D eigenvalue weighted by atomic mass is 19.1. The largest absolute Gasteiger partial charge is 0.496 e. The first-order chi connectivity index (χ1) is 14.1. The third kappa shape index (κ3) is 3.21. The first-order valence-corrected chi connectivity index (χ1v) is 9.76. The van der Waals surface area contributed by atoms with Gasteiger partial charge in [-0.05, 0) is 41.3 Å². The normalized spacial score (nSPS) is 21.3. The molecule has 5 rings (SSSR count). The van der Waals surface area contributed by atoms with Crippen molar-refractivity contribution < 1.29 is 19.3 Å². The minimum atomic E-state index is -0.727. The number of allylic oxidation sites excluding steroid dienone is 2. The molecular formula is C22H22FN3O3. The number of aliphatic hydroxyl groups excluding tert-OH is 2. The van der Waals surface area contributed by atoms with E-state index in [9.17, 15) is 9.50 Å². The van der Waals surface area contributed by atoms with Crippen LogP contribution in [0.1, 0.15) is 23.1 Å². The van der Waals surface area contributed by atoms with Crippen molar-refractivity contribution in [3.63, 3.8) is 0 Å². The number of hydrazone groups is 1. The lowest BCUT2D eigenvalue weighted by molar-refractivity contribution is 0.0616. The van der Waals surface area contributed by atoms with Crippen molar-refractivity contribution in [3.8, 4) is 0 Å².